The molecule has 2 radical (unpaired) electrons. The van der Waals surface area contributed by atoms with Crippen LogP contribution in [0.5, 0.6) is 0 Å². The Kier molecular flexibility index (Phi) is 1.58. The Morgan fingerprint density at radius 2 is 1.70 bits per heavy atom. The van der Waals surface area contributed by atoms with Crippen LogP contribution in [0.25, 0.3) is 0 Å². The summed E-state index contributed by atoms with van der Waals surface area (Å²) in [7, 11) is 5.55. The Morgan fingerprint density at radius 3 is 2.20 bits per heavy atom. The predicted molar refractivity (Wildman–Crippen MR) is 45.4 cm³/mol. The maximum absolute atomic E-state index is 5.55. The summed E-state index contributed by atoms with van der Waals surface area (Å²) in [6, 6.07) is 3.44. The molecular weight excluding hydrogens is 123 g/mol. The van der Waals surface area contributed by atoms with Gasteiger partial charge in [-0.1, -0.05) is 11.0 Å². The molecule has 1 aromatic carbocycles. The van der Waals surface area contributed by atoms with Gasteiger partial charge in [-0.25, -0.2) is 0 Å². The molecule has 0 saturated carbocycles. The van der Waals surface area contributed by atoms with Crippen LogP contribution >= 0.6 is 0 Å². The minimum absolute atomic E-state index is 0.545. The van der Waals surface area contributed by atoms with Gasteiger partial charge in [-0.15, -0.1) is 0 Å². The van der Waals surface area contributed by atoms with E-state index < -0.39 is 0 Å². The van der Waals surface area contributed by atoms with Gasteiger partial charge in [0.15, 0.2) is 0 Å². The van der Waals surface area contributed by atoms with E-state index in [1.165, 1.54) is 0 Å². The zero-order valence-electron chi connectivity index (χ0n) is 5.89. The molecule has 4 N–H and O–H groups in total. The van der Waals surface area contributed by atoms with Gasteiger partial charge in [-0.2, -0.15) is 0 Å². The maximum Gasteiger partial charge on any atom is 0.114 e. The largest absolute Gasteiger partial charge is 0.397 e. The maximum atomic E-state index is 5.55. The molecule has 0 unspecified atom stereocenters. The summed E-state index contributed by atoms with van der Waals surface area (Å²) >= 11 is 0. The van der Waals surface area contributed by atoms with Crippen LogP contribution in [0.2, 0.25) is 0 Å². The Labute approximate surface area is 61.6 Å². The Balaban J connectivity index is 3.28. The lowest BCUT2D eigenvalue weighted by molar-refractivity contribution is 1.51. The number of nitrogen functional groups attached to an aromatic ring is 2. The van der Waals surface area contributed by atoms with Gasteiger partial charge in [0, 0.05) is 0 Å². The third kappa shape index (κ3) is 1.08. The monoisotopic (exact) mass is 132 g/mol. The Bertz CT molecular complexity index is 208. The summed E-state index contributed by atoms with van der Waals surface area (Å²) in [5.74, 6) is 0. The van der Waals surface area contributed by atoms with Crippen LogP contribution in [0.15, 0.2) is 12.1 Å². The van der Waals surface area contributed by atoms with E-state index in [0.717, 1.165) is 5.56 Å². The number of benzene rings is 1. The molecule has 0 aliphatic heterocycles. The molecule has 0 spiro atoms. The molecule has 0 aromatic heterocycles. The van der Waals surface area contributed by atoms with E-state index in [2.05, 4.69) is 0 Å². The highest BCUT2D eigenvalue weighted by atomic mass is 14.7. The topological polar surface area (TPSA) is 52.0 Å². The summed E-state index contributed by atoms with van der Waals surface area (Å²) in [4.78, 5) is 0. The molecule has 0 fully saturated rings. The van der Waals surface area contributed by atoms with Crippen LogP contribution in [0, 0.1) is 6.92 Å². The molecule has 1 rings (SSSR count). The molecule has 0 bridgehead atoms. The third-order valence-corrected chi connectivity index (χ3v) is 1.47. The first-order valence-electron chi connectivity index (χ1n) is 3.02. The molecular formula is C7H9BN2. The van der Waals surface area contributed by atoms with Crippen molar-refractivity contribution in [2.45, 2.75) is 6.92 Å². The van der Waals surface area contributed by atoms with Crippen molar-refractivity contribution in [2.24, 2.45) is 0 Å². The summed E-state index contributed by atoms with van der Waals surface area (Å²) in [5.41, 5.74) is 13.8. The molecule has 0 aliphatic rings. The molecule has 0 aliphatic carbocycles. The highest BCUT2D eigenvalue weighted by molar-refractivity contribution is 6.33. The zero-order valence-corrected chi connectivity index (χ0v) is 5.89. The Morgan fingerprint density at radius 1 is 1.20 bits per heavy atom. The van der Waals surface area contributed by atoms with Gasteiger partial charge in [-0.3, -0.25) is 0 Å². The summed E-state index contributed by atoms with van der Waals surface area (Å²) in [5, 5.41) is 0. The van der Waals surface area contributed by atoms with Crippen molar-refractivity contribution in [3.8, 4) is 0 Å². The highest BCUT2D eigenvalue weighted by Crippen LogP contribution is 2.12. The number of rotatable bonds is 0. The molecule has 50 valence electrons. The minimum atomic E-state index is 0.545. The standard InChI is InChI=1S/C7H9BN2/c1-4-2-6(9)7(10)3-5(4)8/h2-3H,9-10H2,1H3. The highest BCUT2D eigenvalue weighted by Gasteiger charge is 1.96. The first-order valence-corrected chi connectivity index (χ1v) is 3.02. The lowest BCUT2D eigenvalue weighted by atomic mass is 9.90. The molecule has 3 heteroatoms. The van der Waals surface area contributed by atoms with Crippen molar-refractivity contribution < 1.29 is 0 Å². The number of aryl methyl sites for hydroxylation is 1. The fourth-order valence-corrected chi connectivity index (χ4v) is 0.765. The smallest absolute Gasteiger partial charge is 0.114 e. The SMILES string of the molecule is [B]c1cc(N)c(N)cc1C. The van der Waals surface area contributed by atoms with Crippen LogP contribution in [-0.2, 0) is 0 Å². The van der Waals surface area contributed by atoms with Crippen molar-refractivity contribution >= 4 is 24.7 Å². The number of hydrogen-bond donors (Lipinski definition) is 2. The number of anilines is 2. The van der Waals surface area contributed by atoms with Gasteiger partial charge in [0.1, 0.15) is 7.85 Å². The van der Waals surface area contributed by atoms with Crippen LogP contribution in [0.4, 0.5) is 11.4 Å². The number of hydrogen-bond acceptors (Lipinski definition) is 2. The van der Waals surface area contributed by atoms with Gasteiger partial charge < -0.3 is 11.5 Å². The van der Waals surface area contributed by atoms with Gasteiger partial charge in [0.2, 0.25) is 0 Å². The predicted octanol–water partition coefficient (Wildman–Crippen LogP) is -0.0468. The van der Waals surface area contributed by atoms with Crippen LogP contribution in [0.3, 0.4) is 0 Å². The molecule has 0 atom stereocenters. The van der Waals surface area contributed by atoms with E-state index in [9.17, 15) is 0 Å². The summed E-state index contributed by atoms with van der Waals surface area (Å²) < 4.78 is 0. The van der Waals surface area contributed by atoms with Crippen molar-refractivity contribution in [2.75, 3.05) is 11.5 Å². The van der Waals surface area contributed by atoms with Crippen LogP contribution in [0.1, 0.15) is 5.56 Å². The molecule has 0 heterocycles. The van der Waals surface area contributed by atoms with Crippen molar-refractivity contribution in [3.05, 3.63) is 17.7 Å². The molecule has 2 nitrogen and oxygen atoms in total. The normalized spacial score (nSPS) is 9.70. The fourth-order valence-electron chi connectivity index (χ4n) is 0.765. The average molecular weight is 132 g/mol. The minimum Gasteiger partial charge on any atom is -0.397 e. The third-order valence-electron chi connectivity index (χ3n) is 1.47. The molecule has 10 heavy (non-hydrogen) atoms. The van der Waals surface area contributed by atoms with E-state index in [0.29, 0.717) is 16.8 Å². The summed E-state index contributed by atoms with van der Waals surface area (Å²) in [6.07, 6.45) is 0. The Hall–Kier alpha value is -1.12. The quantitative estimate of drug-likeness (QED) is 0.384. The van der Waals surface area contributed by atoms with Gasteiger partial charge in [-0.05, 0) is 19.1 Å². The number of nitrogens with two attached hydrogens (primary N) is 2. The van der Waals surface area contributed by atoms with Gasteiger partial charge >= 0.3 is 0 Å². The van der Waals surface area contributed by atoms with Gasteiger partial charge in [0.25, 0.3) is 0 Å². The fraction of sp³-hybridized carbons (Fsp3) is 0.143. The van der Waals surface area contributed by atoms with E-state index in [1.807, 2.05) is 6.92 Å². The first-order chi connectivity index (χ1) is 4.61. The van der Waals surface area contributed by atoms with Crippen molar-refractivity contribution in [3.63, 3.8) is 0 Å². The lowest BCUT2D eigenvalue weighted by Gasteiger charge is -2.04. The van der Waals surface area contributed by atoms with E-state index >= 15 is 0 Å². The second kappa shape index (κ2) is 2.25. The van der Waals surface area contributed by atoms with E-state index in [4.69, 9.17) is 19.3 Å². The second-order valence-corrected chi connectivity index (χ2v) is 2.34. The second-order valence-electron chi connectivity index (χ2n) is 2.34. The van der Waals surface area contributed by atoms with E-state index in [-0.39, 0.29) is 0 Å². The van der Waals surface area contributed by atoms with Crippen molar-refractivity contribution in [1.82, 2.24) is 0 Å². The zero-order chi connectivity index (χ0) is 7.72. The van der Waals surface area contributed by atoms with Crippen molar-refractivity contribution in [1.29, 1.82) is 0 Å². The molecule has 0 amide bonds. The van der Waals surface area contributed by atoms with Crippen LogP contribution in [-0.4, -0.2) is 7.85 Å². The average Bonchev–Trinajstić information content (AvgIpc) is 1.84. The summed E-state index contributed by atoms with van der Waals surface area (Å²) in [6.45, 7) is 1.89. The first kappa shape index (κ1) is 7.00. The lowest BCUT2D eigenvalue weighted by Crippen LogP contribution is -2.09. The molecule has 0 saturated heterocycles. The van der Waals surface area contributed by atoms with Crippen LogP contribution < -0.4 is 16.9 Å². The molecule has 1 aromatic rings. The van der Waals surface area contributed by atoms with E-state index in [1.54, 1.807) is 12.1 Å². The van der Waals surface area contributed by atoms with Gasteiger partial charge in [0.05, 0.1) is 11.4 Å².